The van der Waals surface area contributed by atoms with Crippen molar-refractivity contribution in [3.8, 4) is 0 Å². The van der Waals surface area contributed by atoms with Gasteiger partial charge in [-0.3, -0.25) is 9.78 Å². The number of carbonyl (C=O) groups is 1. The van der Waals surface area contributed by atoms with Crippen LogP contribution in [-0.2, 0) is 0 Å². The van der Waals surface area contributed by atoms with Gasteiger partial charge in [0.15, 0.2) is 0 Å². The maximum atomic E-state index is 13.1. The Labute approximate surface area is 118 Å². The number of halogens is 2. The first-order valence-electron chi connectivity index (χ1n) is 5.50. The second-order valence-corrected chi connectivity index (χ2v) is 4.62. The molecule has 0 aliphatic heterocycles. The number of hydrogen-bond acceptors (Lipinski definition) is 3. The number of anilines is 2. The van der Waals surface area contributed by atoms with Crippen LogP contribution in [0.25, 0.3) is 0 Å². The van der Waals surface area contributed by atoms with Gasteiger partial charge in [-0.25, -0.2) is 4.39 Å². The van der Waals surface area contributed by atoms with Crippen molar-refractivity contribution in [2.24, 2.45) is 0 Å². The average molecular weight is 324 g/mol. The highest BCUT2D eigenvalue weighted by Crippen LogP contribution is 2.20. The summed E-state index contributed by atoms with van der Waals surface area (Å²) in [5.74, 6) is -0.732. The van der Waals surface area contributed by atoms with Gasteiger partial charge < -0.3 is 10.6 Å². The Morgan fingerprint density at radius 1 is 1.26 bits per heavy atom. The van der Waals surface area contributed by atoms with Crippen LogP contribution in [0.4, 0.5) is 15.8 Å². The maximum Gasteiger partial charge on any atom is 0.274 e. The predicted molar refractivity (Wildman–Crippen MR) is 75.8 cm³/mol. The number of aromatic nitrogens is 1. The van der Waals surface area contributed by atoms with Gasteiger partial charge in [0.2, 0.25) is 0 Å². The molecule has 0 bridgehead atoms. The molecule has 0 spiro atoms. The lowest BCUT2D eigenvalue weighted by Gasteiger charge is -2.06. The number of carbonyl (C=O) groups excluding carboxylic acids is 1. The van der Waals surface area contributed by atoms with Gasteiger partial charge in [-0.2, -0.15) is 0 Å². The van der Waals surface area contributed by atoms with Crippen LogP contribution in [-0.4, -0.2) is 17.9 Å². The molecule has 0 unspecified atom stereocenters. The van der Waals surface area contributed by atoms with Crippen LogP contribution in [0.3, 0.4) is 0 Å². The summed E-state index contributed by atoms with van der Waals surface area (Å²) in [7, 11) is 1.76. The summed E-state index contributed by atoms with van der Waals surface area (Å²) in [6, 6.07) is 7.64. The molecule has 0 saturated heterocycles. The molecule has 0 atom stereocenters. The third-order valence-electron chi connectivity index (χ3n) is 2.46. The first-order chi connectivity index (χ1) is 9.10. The third kappa shape index (κ3) is 3.29. The molecule has 2 rings (SSSR count). The molecule has 98 valence electrons. The van der Waals surface area contributed by atoms with Crippen molar-refractivity contribution < 1.29 is 9.18 Å². The highest BCUT2D eigenvalue weighted by atomic mass is 79.9. The van der Waals surface area contributed by atoms with Crippen molar-refractivity contribution in [1.82, 2.24) is 4.98 Å². The first-order valence-corrected chi connectivity index (χ1v) is 6.29. The molecule has 1 aromatic heterocycles. The summed E-state index contributed by atoms with van der Waals surface area (Å²) in [6.07, 6.45) is 1.54. The SMILES string of the molecule is CNc1ccnc(C(=O)Nc2ccc(F)c(Br)c2)c1. The molecule has 0 fully saturated rings. The molecular weight excluding hydrogens is 313 g/mol. The van der Waals surface area contributed by atoms with E-state index >= 15 is 0 Å². The smallest absolute Gasteiger partial charge is 0.274 e. The predicted octanol–water partition coefficient (Wildman–Crippen LogP) is 3.28. The summed E-state index contributed by atoms with van der Waals surface area (Å²) in [5.41, 5.74) is 1.57. The Balaban J connectivity index is 2.18. The minimum absolute atomic E-state index is 0.285. The normalized spacial score (nSPS) is 10.1. The molecule has 0 aliphatic rings. The minimum atomic E-state index is -0.381. The van der Waals surface area contributed by atoms with E-state index < -0.39 is 0 Å². The summed E-state index contributed by atoms with van der Waals surface area (Å²) in [5, 5.41) is 5.58. The number of amides is 1. The maximum absolute atomic E-state index is 13.1. The van der Waals surface area contributed by atoms with Crippen molar-refractivity contribution in [3.05, 3.63) is 52.5 Å². The Hall–Kier alpha value is -1.95. The molecule has 0 radical (unpaired) electrons. The lowest BCUT2D eigenvalue weighted by molar-refractivity contribution is 0.102. The summed E-state index contributed by atoms with van der Waals surface area (Å²) in [6.45, 7) is 0. The van der Waals surface area contributed by atoms with E-state index in [4.69, 9.17) is 0 Å². The largest absolute Gasteiger partial charge is 0.388 e. The van der Waals surface area contributed by atoms with Gasteiger partial charge in [0.05, 0.1) is 4.47 Å². The number of hydrogen-bond donors (Lipinski definition) is 2. The molecule has 0 aliphatic carbocycles. The molecule has 1 aromatic carbocycles. The molecule has 2 aromatic rings. The summed E-state index contributed by atoms with van der Waals surface area (Å²) in [4.78, 5) is 16.0. The second-order valence-electron chi connectivity index (χ2n) is 3.76. The Kier molecular flexibility index (Phi) is 4.11. The highest BCUT2D eigenvalue weighted by molar-refractivity contribution is 9.10. The van der Waals surface area contributed by atoms with Gasteiger partial charge in [-0.05, 0) is 46.3 Å². The number of nitrogens with zero attached hydrogens (tertiary/aromatic N) is 1. The monoisotopic (exact) mass is 323 g/mol. The number of pyridine rings is 1. The molecule has 1 amide bonds. The van der Waals surface area contributed by atoms with Crippen LogP contribution in [0.2, 0.25) is 0 Å². The second kappa shape index (κ2) is 5.79. The molecule has 1 heterocycles. The Morgan fingerprint density at radius 3 is 2.74 bits per heavy atom. The average Bonchev–Trinajstić information content (AvgIpc) is 2.43. The van der Waals surface area contributed by atoms with E-state index in [1.807, 2.05) is 0 Å². The first kappa shape index (κ1) is 13.5. The highest BCUT2D eigenvalue weighted by Gasteiger charge is 2.09. The van der Waals surface area contributed by atoms with Crippen LogP contribution < -0.4 is 10.6 Å². The van der Waals surface area contributed by atoms with E-state index in [1.165, 1.54) is 18.2 Å². The molecule has 0 saturated carbocycles. The van der Waals surface area contributed by atoms with E-state index in [0.717, 1.165) is 5.69 Å². The van der Waals surface area contributed by atoms with Crippen molar-refractivity contribution in [2.75, 3.05) is 17.7 Å². The fraction of sp³-hybridized carbons (Fsp3) is 0.0769. The number of nitrogens with one attached hydrogen (secondary N) is 2. The summed E-state index contributed by atoms with van der Waals surface area (Å²) >= 11 is 3.06. The number of benzene rings is 1. The van der Waals surface area contributed by atoms with Gasteiger partial charge in [0, 0.05) is 24.6 Å². The third-order valence-corrected chi connectivity index (χ3v) is 3.07. The minimum Gasteiger partial charge on any atom is -0.388 e. The lowest BCUT2D eigenvalue weighted by Crippen LogP contribution is -2.13. The lowest BCUT2D eigenvalue weighted by atomic mass is 10.2. The summed E-state index contributed by atoms with van der Waals surface area (Å²) < 4.78 is 13.4. The fourth-order valence-corrected chi connectivity index (χ4v) is 1.86. The quantitative estimate of drug-likeness (QED) is 0.911. The zero-order chi connectivity index (χ0) is 13.8. The van der Waals surface area contributed by atoms with Crippen molar-refractivity contribution >= 4 is 33.2 Å². The van der Waals surface area contributed by atoms with Crippen LogP contribution >= 0.6 is 15.9 Å². The fourth-order valence-electron chi connectivity index (χ4n) is 1.48. The Bertz CT molecular complexity index is 619. The van der Waals surface area contributed by atoms with E-state index in [-0.39, 0.29) is 17.4 Å². The van der Waals surface area contributed by atoms with Crippen LogP contribution in [0.5, 0.6) is 0 Å². The topological polar surface area (TPSA) is 54.0 Å². The zero-order valence-corrected chi connectivity index (χ0v) is 11.7. The van der Waals surface area contributed by atoms with Gasteiger partial charge in [-0.15, -0.1) is 0 Å². The van der Waals surface area contributed by atoms with Crippen LogP contribution in [0.15, 0.2) is 41.0 Å². The van der Waals surface area contributed by atoms with Gasteiger partial charge >= 0.3 is 0 Å². The molecule has 2 N–H and O–H groups in total. The molecular formula is C13H11BrFN3O. The number of rotatable bonds is 3. The standard InChI is InChI=1S/C13H11BrFN3O/c1-16-8-4-5-17-12(7-8)13(19)18-9-2-3-11(15)10(14)6-9/h2-7H,1H3,(H,16,17)(H,18,19). The van der Waals surface area contributed by atoms with E-state index in [2.05, 4.69) is 31.5 Å². The van der Waals surface area contributed by atoms with Gasteiger partial charge in [0.1, 0.15) is 11.5 Å². The van der Waals surface area contributed by atoms with Crippen molar-refractivity contribution in [3.63, 3.8) is 0 Å². The van der Waals surface area contributed by atoms with Crippen LogP contribution in [0.1, 0.15) is 10.5 Å². The van der Waals surface area contributed by atoms with E-state index in [9.17, 15) is 9.18 Å². The van der Waals surface area contributed by atoms with Crippen LogP contribution in [0, 0.1) is 5.82 Å². The van der Waals surface area contributed by atoms with Crippen molar-refractivity contribution in [2.45, 2.75) is 0 Å². The molecule has 19 heavy (non-hydrogen) atoms. The molecule has 4 nitrogen and oxygen atoms in total. The van der Waals surface area contributed by atoms with E-state index in [1.54, 1.807) is 25.4 Å². The Morgan fingerprint density at radius 2 is 2.05 bits per heavy atom. The van der Waals surface area contributed by atoms with Gasteiger partial charge in [0.25, 0.3) is 5.91 Å². The zero-order valence-electron chi connectivity index (χ0n) is 10.1. The van der Waals surface area contributed by atoms with E-state index in [0.29, 0.717) is 10.2 Å². The van der Waals surface area contributed by atoms with Crippen molar-refractivity contribution in [1.29, 1.82) is 0 Å². The molecule has 6 heteroatoms. The van der Waals surface area contributed by atoms with Gasteiger partial charge in [-0.1, -0.05) is 0 Å².